The largest absolute Gasteiger partial charge is 0.356 e. The van der Waals surface area contributed by atoms with Crippen LogP contribution in [0.2, 0.25) is 5.02 Å². The van der Waals surface area contributed by atoms with Gasteiger partial charge in [-0.05, 0) is 43.4 Å². The van der Waals surface area contributed by atoms with Crippen LogP contribution >= 0.6 is 35.6 Å². The Labute approximate surface area is 179 Å². The number of aliphatic imine (C=N–C) groups is 1. The van der Waals surface area contributed by atoms with E-state index in [1.54, 1.807) is 7.05 Å². The molecule has 1 unspecified atom stereocenters. The second kappa shape index (κ2) is 12.4. The number of hydrogen-bond acceptors (Lipinski definition) is 2. The van der Waals surface area contributed by atoms with Gasteiger partial charge in [-0.1, -0.05) is 30.7 Å². The first-order valence-electron chi connectivity index (χ1n) is 9.12. The lowest BCUT2D eigenvalue weighted by Crippen LogP contribution is -2.42. The number of amides is 1. The van der Waals surface area contributed by atoms with E-state index in [1.807, 2.05) is 23.1 Å². The number of carbonyl (C=O) groups is 1. The van der Waals surface area contributed by atoms with Crippen LogP contribution in [0, 0.1) is 0 Å². The summed E-state index contributed by atoms with van der Waals surface area (Å²) in [7, 11) is 1.77. The van der Waals surface area contributed by atoms with Gasteiger partial charge < -0.3 is 15.5 Å². The van der Waals surface area contributed by atoms with Gasteiger partial charge in [-0.2, -0.15) is 0 Å². The molecule has 1 fully saturated rings. The fourth-order valence-corrected chi connectivity index (χ4v) is 3.44. The molecule has 1 atom stereocenters. The van der Waals surface area contributed by atoms with Crippen LogP contribution in [0.4, 0.5) is 0 Å². The Bertz CT molecular complexity index is 597. The van der Waals surface area contributed by atoms with Gasteiger partial charge in [-0.15, -0.1) is 24.0 Å². The van der Waals surface area contributed by atoms with Crippen molar-refractivity contribution in [3.63, 3.8) is 0 Å². The van der Waals surface area contributed by atoms with Crippen molar-refractivity contribution >= 4 is 47.4 Å². The van der Waals surface area contributed by atoms with Crippen LogP contribution in [0.5, 0.6) is 0 Å². The number of rotatable bonds is 8. The highest BCUT2D eigenvalue weighted by Crippen LogP contribution is 2.17. The van der Waals surface area contributed by atoms with E-state index in [-0.39, 0.29) is 24.0 Å². The number of likely N-dealkylation sites (tertiary alicyclic amines) is 1. The topological polar surface area (TPSA) is 56.7 Å². The molecule has 1 aromatic rings. The first kappa shape index (κ1) is 23.0. The molecule has 0 radical (unpaired) electrons. The van der Waals surface area contributed by atoms with E-state index in [9.17, 15) is 4.79 Å². The van der Waals surface area contributed by atoms with Gasteiger partial charge in [-0.3, -0.25) is 9.79 Å². The van der Waals surface area contributed by atoms with E-state index in [1.165, 1.54) is 5.56 Å². The third-order valence-corrected chi connectivity index (χ3v) is 4.85. The molecule has 1 heterocycles. The number of halogens is 2. The van der Waals surface area contributed by atoms with Gasteiger partial charge in [-0.25, -0.2) is 0 Å². The smallest absolute Gasteiger partial charge is 0.222 e. The molecule has 5 nitrogen and oxygen atoms in total. The standard InChI is InChI=1S/C19H29ClN4O.HI/c1-3-17(24-13-5-8-18(24)25)10-12-23-19(21-2)22-11-9-15-6-4-7-16(20)14-15;/h4,6-7,14,17H,3,5,8-13H2,1-2H3,(H2,21,22,23);1H. The number of hydrogen-bond donors (Lipinski definition) is 2. The lowest BCUT2D eigenvalue weighted by atomic mass is 10.1. The number of nitrogens with one attached hydrogen (secondary N) is 2. The van der Waals surface area contributed by atoms with Gasteiger partial charge in [0.05, 0.1) is 0 Å². The van der Waals surface area contributed by atoms with Gasteiger partial charge >= 0.3 is 0 Å². The highest BCUT2D eigenvalue weighted by atomic mass is 127. The molecule has 7 heteroatoms. The molecular weight excluding hydrogens is 463 g/mol. The third kappa shape index (κ3) is 7.31. The van der Waals surface area contributed by atoms with Gasteiger partial charge in [0, 0.05) is 44.2 Å². The van der Waals surface area contributed by atoms with Crippen molar-refractivity contribution in [3.05, 3.63) is 34.9 Å². The Hall–Kier alpha value is -1.02. The van der Waals surface area contributed by atoms with E-state index < -0.39 is 0 Å². The van der Waals surface area contributed by atoms with Gasteiger partial charge in [0.1, 0.15) is 0 Å². The average molecular weight is 493 g/mol. The summed E-state index contributed by atoms with van der Waals surface area (Å²) in [6.45, 7) is 4.65. The molecule has 1 saturated heterocycles. The number of carbonyl (C=O) groups excluding carboxylic acids is 1. The van der Waals surface area contributed by atoms with Crippen LogP contribution in [0.1, 0.15) is 38.2 Å². The summed E-state index contributed by atoms with van der Waals surface area (Å²) < 4.78 is 0. The molecule has 0 bridgehead atoms. The zero-order valence-electron chi connectivity index (χ0n) is 15.6. The van der Waals surface area contributed by atoms with Crippen molar-refractivity contribution in [2.45, 2.75) is 45.1 Å². The highest BCUT2D eigenvalue weighted by Gasteiger charge is 2.26. The van der Waals surface area contributed by atoms with Gasteiger partial charge in [0.15, 0.2) is 5.96 Å². The molecule has 2 rings (SSSR count). The maximum absolute atomic E-state index is 11.9. The Morgan fingerprint density at radius 2 is 2.12 bits per heavy atom. The zero-order chi connectivity index (χ0) is 18.1. The van der Waals surface area contributed by atoms with E-state index in [0.717, 1.165) is 56.3 Å². The summed E-state index contributed by atoms with van der Waals surface area (Å²) >= 11 is 6.01. The maximum Gasteiger partial charge on any atom is 0.222 e. The molecule has 0 spiro atoms. The predicted molar refractivity (Wildman–Crippen MR) is 120 cm³/mol. The number of benzene rings is 1. The van der Waals surface area contributed by atoms with Crippen molar-refractivity contribution in [2.75, 3.05) is 26.7 Å². The summed E-state index contributed by atoms with van der Waals surface area (Å²) in [5, 5.41) is 7.43. The molecular formula is C19H30ClIN4O. The zero-order valence-corrected chi connectivity index (χ0v) is 18.7. The number of guanidine groups is 1. The van der Waals surface area contributed by atoms with Crippen molar-refractivity contribution in [3.8, 4) is 0 Å². The van der Waals surface area contributed by atoms with E-state index in [2.05, 4.69) is 28.6 Å². The predicted octanol–water partition coefficient (Wildman–Crippen LogP) is 3.46. The van der Waals surface area contributed by atoms with Crippen LogP contribution < -0.4 is 10.6 Å². The summed E-state index contributed by atoms with van der Waals surface area (Å²) in [5.41, 5.74) is 1.20. The fraction of sp³-hybridized carbons (Fsp3) is 0.579. The molecule has 0 aliphatic carbocycles. The second-order valence-corrected chi connectivity index (χ2v) is 6.78. The quantitative estimate of drug-likeness (QED) is 0.332. The Kier molecular flexibility index (Phi) is 11.0. The van der Waals surface area contributed by atoms with Crippen LogP contribution in [0.15, 0.2) is 29.3 Å². The molecule has 146 valence electrons. The molecule has 26 heavy (non-hydrogen) atoms. The van der Waals surface area contributed by atoms with Crippen LogP contribution in [0.25, 0.3) is 0 Å². The molecule has 1 amide bonds. The van der Waals surface area contributed by atoms with Crippen molar-refractivity contribution in [2.24, 2.45) is 4.99 Å². The van der Waals surface area contributed by atoms with Crippen LogP contribution in [0.3, 0.4) is 0 Å². The Balaban J connectivity index is 0.00000338. The van der Waals surface area contributed by atoms with Gasteiger partial charge in [0.2, 0.25) is 5.91 Å². The lowest BCUT2D eigenvalue weighted by Gasteiger charge is -2.27. The molecule has 0 saturated carbocycles. The summed E-state index contributed by atoms with van der Waals surface area (Å²) in [5.74, 6) is 1.10. The van der Waals surface area contributed by atoms with E-state index >= 15 is 0 Å². The van der Waals surface area contributed by atoms with E-state index in [0.29, 0.717) is 18.4 Å². The fourth-order valence-electron chi connectivity index (χ4n) is 3.23. The monoisotopic (exact) mass is 492 g/mol. The third-order valence-electron chi connectivity index (χ3n) is 4.61. The Morgan fingerprint density at radius 3 is 2.73 bits per heavy atom. The SMILES string of the molecule is CCC(CCNC(=NC)NCCc1cccc(Cl)c1)N1CCCC1=O.I. The molecule has 2 N–H and O–H groups in total. The van der Waals surface area contributed by atoms with Crippen LogP contribution in [-0.2, 0) is 11.2 Å². The second-order valence-electron chi connectivity index (χ2n) is 6.35. The maximum atomic E-state index is 11.9. The number of nitrogens with zero attached hydrogens (tertiary/aromatic N) is 2. The molecule has 1 aliphatic rings. The highest BCUT2D eigenvalue weighted by molar-refractivity contribution is 14.0. The van der Waals surface area contributed by atoms with Gasteiger partial charge in [0.25, 0.3) is 0 Å². The summed E-state index contributed by atoms with van der Waals surface area (Å²) in [6, 6.07) is 8.23. The lowest BCUT2D eigenvalue weighted by molar-refractivity contribution is -0.129. The minimum Gasteiger partial charge on any atom is -0.356 e. The molecule has 1 aliphatic heterocycles. The minimum absolute atomic E-state index is 0. The minimum atomic E-state index is 0. The summed E-state index contributed by atoms with van der Waals surface area (Å²) in [4.78, 5) is 18.2. The van der Waals surface area contributed by atoms with Crippen molar-refractivity contribution in [1.29, 1.82) is 0 Å². The van der Waals surface area contributed by atoms with Crippen molar-refractivity contribution < 1.29 is 4.79 Å². The summed E-state index contributed by atoms with van der Waals surface area (Å²) in [6.07, 6.45) is 4.53. The Morgan fingerprint density at radius 1 is 1.35 bits per heavy atom. The average Bonchev–Trinajstić information content (AvgIpc) is 3.03. The first-order valence-corrected chi connectivity index (χ1v) is 9.50. The molecule has 0 aromatic heterocycles. The van der Waals surface area contributed by atoms with Crippen LogP contribution in [-0.4, -0.2) is 49.5 Å². The van der Waals surface area contributed by atoms with Crippen molar-refractivity contribution in [1.82, 2.24) is 15.5 Å². The normalized spacial score (nSPS) is 15.6. The van der Waals surface area contributed by atoms with E-state index in [4.69, 9.17) is 11.6 Å². The molecule has 1 aromatic carbocycles. The first-order chi connectivity index (χ1) is 12.1.